The number of hydrogen-bond acceptors (Lipinski definition) is 8. The van der Waals surface area contributed by atoms with Gasteiger partial charge in [0, 0.05) is 63.9 Å². The van der Waals surface area contributed by atoms with Crippen molar-refractivity contribution in [1.29, 1.82) is 0 Å². The van der Waals surface area contributed by atoms with Crippen molar-refractivity contribution >= 4 is 23.6 Å². The summed E-state index contributed by atoms with van der Waals surface area (Å²) in [7, 11) is 0. The molecule has 3 aliphatic heterocycles. The zero-order valence-corrected chi connectivity index (χ0v) is 19.2. The average molecular weight is 450 g/mol. The van der Waals surface area contributed by atoms with E-state index in [9.17, 15) is 9.59 Å². The molecule has 174 valence electrons. The quantitative estimate of drug-likeness (QED) is 0.619. The number of piperazine rings is 1. The van der Waals surface area contributed by atoms with E-state index in [1.807, 2.05) is 13.0 Å². The standard InChI is InChI=1S/C24H31N7O2/c1-18-17-19-20(21(27-18)29-10-3-2-4-11-29)23(33)31(22(19)32)12-6-9-28-13-15-30(16-14-28)24-25-7-5-8-26-24/h5,7-8,17H,2-4,6,9-16H2,1H3. The van der Waals surface area contributed by atoms with Gasteiger partial charge >= 0.3 is 0 Å². The molecule has 2 saturated heterocycles. The Morgan fingerprint density at radius 2 is 1.58 bits per heavy atom. The van der Waals surface area contributed by atoms with E-state index in [2.05, 4.69) is 29.7 Å². The summed E-state index contributed by atoms with van der Waals surface area (Å²) in [6.07, 6.45) is 7.70. The Bertz CT molecular complexity index is 1010. The summed E-state index contributed by atoms with van der Waals surface area (Å²) < 4.78 is 0. The van der Waals surface area contributed by atoms with Crippen LogP contribution >= 0.6 is 0 Å². The minimum Gasteiger partial charge on any atom is -0.356 e. The smallest absolute Gasteiger partial charge is 0.265 e. The third kappa shape index (κ3) is 4.42. The first kappa shape index (κ1) is 21.8. The molecule has 0 atom stereocenters. The van der Waals surface area contributed by atoms with Crippen LogP contribution in [-0.2, 0) is 0 Å². The Kier molecular flexibility index (Phi) is 6.22. The largest absolute Gasteiger partial charge is 0.356 e. The molecule has 0 aromatic carbocycles. The number of carbonyl (C=O) groups is 2. The van der Waals surface area contributed by atoms with Gasteiger partial charge in [0.1, 0.15) is 5.82 Å². The second kappa shape index (κ2) is 9.43. The highest BCUT2D eigenvalue weighted by Crippen LogP contribution is 2.32. The molecule has 0 radical (unpaired) electrons. The number of carbonyl (C=O) groups excluding carboxylic acids is 2. The molecule has 2 aromatic rings. The minimum absolute atomic E-state index is 0.176. The number of anilines is 2. The van der Waals surface area contributed by atoms with Gasteiger partial charge in [-0.2, -0.15) is 0 Å². The predicted octanol–water partition coefficient (Wildman–Crippen LogP) is 1.98. The van der Waals surface area contributed by atoms with Gasteiger partial charge in [0.15, 0.2) is 0 Å². The predicted molar refractivity (Wildman–Crippen MR) is 126 cm³/mol. The third-order valence-electron chi connectivity index (χ3n) is 6.78. The molecule has 9 heteroatoms. The second-order valence-corrected chi connectivity index (χ2v) is 9.05. The summed E-state index contributed by atoms with van der Waals surface area (Å²) in [5.41, 5.74) is 1.81. The molecule has 2 aromatic heterocycles. The molecule has 0 unspecified atom stereocenters. The van der Waals surface area contributed by atoms with E-state index in [1.165, 1.54) is 11.3 Å². The van der Waals surface area contributed by atoms with Crippen LogP contribution in [0.2, 0.25) is 0 Å². The van der Waals surface area contributed by atoms with Crippen LogP contribution in [0.5, 0.6) is 0 Å². The van der Waals surface area contributed by atoms with E-state index >= 15 is 0 Å². The Labute approximate surface area is 194 Å². The normalized spacial score (nSPS) is 19.4. The number of nitrogens with zero attached hydrogens (tertiary/aromatic N) is 7. The van der Waals surface area contributed by atoms with E-state index in [1.54, 1.807) is 18.5 Å². The summed E-state index contributed by atoms with van der Waals surface area (Å²) in [5.74, 6) is 1.11. The zero-order valence-electron chi connectivity index (χ0n) is 19.2. The van der Waals surface area contributed by atoms with Crippen molar-refractivity contribution in [1.82, 2.24) is 24.8 Å². The van der Waals surface area contributed by atoms with Crippen LogP contribution in [0.15, 0.2) is 24.5 Å². The molecule has 0 N–H and O–H groups in total. The Morgan fingerprint density at radius 1 is 0.848 bits per heavy atom. The molecule has 5 rings (SSSR count). The Morgan fingerprint density at radius 3 is 2.30 bits per heavy atom. The molecular formula is C24H31N7O2. The Hall–Kier alpha value is -3.07. The van der Waals surface area contributed by atoms with Crippen LogP contribution in [0.3, 0.4) is 0 Å². The summed E-state index contributed by atoms with van der Waals surface area (Å²) >= 11 is 0. The molecule has 2 fully saturated rings. The number of aryl methyl sites for hydroxylation is 1. The van der Waals surface area contributed by atoms with Gasteiger partial charge < -0.3 is 9.80 Å². The Balaban J connectivity index is 1.19. The lowest BCUT2D eigenvalue weighted by atomic mass is 10.1. The highest BCUT2D eigenvalue weighted by Gasteiger charge is 2.39. The molecule has 0 aliphatic carbocycles. The van der Waals surface area contributed by atoms with Gasteiger partial charge in [0.25, 0.3) is 11.8 Å². The van der Waals surface area contributed by atoms with Gasteiger partial charge in [-0.15, -0.1) is 0 Å². The maximum absolute atomic E-state index is 13.3. The molecule has 0 bridgehead atoms. The number of rotatable bonds is 6. The molecule has 0 saturated carbocycles. The zero-order chi connectivity index (χ0) is 22.8. The first-order valence-electron chi connectivity index (χ1n) is 12.0. The van der Waals surface area contributed by atoms with Gasteiger partial charge in [-0.05, 0) is 51.3 Å². The van der Waals surface area contributed by atoms with Crippen LogP contribution in [0, 0.1) is 6.92 Å². The highest BCUT2D eigenvalue weighted by molar-refractivity contribution is 6.23. The molecule has 0 spiro atoms. The summed E-state index contributed by atoms with van der Waals surface area (Å²) in [6, 6.07) is 3.60. The number of hydrogen-bond donors (Lipinski definition) is 0. The summed E-state index contributed by atoms with van der Waals surface area (Å²) in [5, 5.41) is 0. The van der Waals surface area contributed by atoms with Gasteiger partial charge in [-0.3, -0.25) is 19.4 Å². The lowest BCUT2D eigenvalue weighted by Gasteiger charge is -2.34. The van der Waals surface area contributed by atoms with E-state index in [0.29, 0.717) is 23.5 Å². The minimum atomic E-state index is -0.186. The number of piperidine rings is 1. The number of imide groups is 1. The molecule has 3 aliphatic rings. The first-order chi connectivity index (χ1) is 16.1. The second-order valence-electron chi connectivity index (χ2n) is 9.05. The fourth-order valence-corrected chi connectivity index (χ4v) is 5.02. The lowest BCUT2D eigenvalue weighted by Crippen LogP contribution is -2.47. The first-order valence-corrected chi connectivity index (χ1v) is 12.0. The number of pyridine rings is 1. The topological polar surface area (TPSA) is 85.8 Å². The van der Waals surface area contributed by atoms with Gasteiger partial charge in [0.05, 0.1) is 11.1 Å². The average Bonchev–Trinajstić information content (AvgIpc) is 3.09. The monoisotopic (exact) mass is 449 g/mol. The van der Waals surface area contributed by atoms with Gasteiger partial charge in [-0.25, -0.2) is 15.0 Å². The van der Waals surface area contributed by atoms with E-state index in [0.717, 1.165) is 76.7 Å². The third-order valence-corrected chi connectivity index (χ3v) is 6.78. The van der Waals surface area contributed by atoms with Crippen molar-refractivity contribution in [2.75, 3.05) is 62.2 Å². The van der Waals surface area contributed by atoms with E-state index < -0.39 is 0 Å². The van der Waals surface area contributed by atoms with Crippen LogP contribution in [0.25, 0.3) is 0 Å². The fourth-order valence-electron chi connectivity index (χ4n) is 5.02. The van der Waals surface area contributed by atoms with Crippen molar-refractivity contribution in [3.05, 3.63) is 41.3 Å². The maximum atomic E-state index is 13.3. The van der Waals surface area contributed by atoms with E-state index in [-0.39, 0.29) is 11.8 Å². The molecule has 9 nitrogen and oxygen atoms in total. The molecular weight excluding hydrogens is 418 g/mol. The number of fused-ring (bicyclic) bond motifs is 1. The van der Waals surface area contributed by atoms with Gasteiger partial charge in [0.2, 0.25) is 5.95 Å². The molecule has 2 amide bonds. The van der Waals surface area contributed by atoms with Crippen molar-refractivity contribution in [3.8, 4) is 0 Å². The highest BCUT2D eigenvalue weighted by atomic mass is 16.2. The van der Waals surface area contributed by atoms with Crippen molar-refractivity contribution < 1.29 is 9.59 Å². The van der Waals surface area contributed by atoms with Gasteiger partial charge in [-0.1, -0.05) is 0 Å². The van der Waals surface area contributed by atoms with Crippen LogP contribution in [0.1, 0.15) is 52.1 Å². The number of aromatic nitrogens is 3. The SMILES string of the molecule is Cc1cc2c(c(N3CCCCC3)n1)C(=O)N(CCCN1CCN(c3ncccn3)CC1)C2=O. The van der Waals surface area contributed by atoms with Crippen molar-refractivity contribution in [2.45, 2.75) is 32.6 Å². The van der Waals surface area contributed by atoms with Crippen LogP contribution in [-0.4, -0.2) is 88.9 Å². The van der Waals surface area contributed by atoms with Crippen LogP contribution in [0.4, 0.5) is 11.8 Å². The van der Waals surface area contributed by atoms with Crippen molar-refractivity contribution in [3.63, 3.8) is 0 Å². The summed E-state index contributed by atoms with van der Waals surface area (Å²) in [6.45, 7) is 8.57. The van der Waals surface area contributed by atoms with Crippen LogP contribution < -0.4 is 9.80 Å². The number of amides is 2. The lowest BCUT2D eigenvalue weighted by molar-refractivity contribution is 0.0647. The molecule has 33 heavy (non-hydrogen) atoms. The van der Waals surface area contributed by atoms with Crippen molar-refractivity contribution in [2.24, 2.45) is 0 Å². The maximum Gasteiger partial charge on any atom is 0.265 e. The fraction of sp³-hybridized carbons (Fsp3) is 0.542. The molecule has 5 heterocycles. The summed E-state index contributed by atoms with van der Waals surface area (Å²) in [4.78, 5) is 47.9. The van der Waals surface area contributed by atoms with E-state index in [4.69, 9.17) is 0 Å².